The van der Waals surface area contributed by atoms with Gasteiger partial charge in [-0.05, 0) is 42.9 Å². The molecule has 17 N–H and O–H groups in total. The van der Waals surface area contributed by atoms with Crippen LogP contribution in [0.5, 0.6) is 0 Å². The van der Waals surface area contributed by atoms with Crippen molar-refractivity contribution >= 4 is 64.1 Å². The zero-order valence-corrected chi connectivity index (χ0v) is 40.4. The second kappa shape index (κ2) is 27.5. The van der Waals surface area contributed by atoms with Gasteiger partial charge >= 0.3 is 0 Å². The van der Waals surface area contributed by atoms with Crippen LogP contribution in [0.3, 0.4) is 0 Å². The number of aromatic amines is 2. The summed E-state index contributed by atoms with van der Waals surface area (Å²) in [5.74, 6) is -6.28. The largest absolute Gasteiger partial charge is 0.376 e. The highest BCUT2D eigenvalue weighted by molar-refractivity contribution is 5.96. The number of aliphatic hydroxyl groups is 1. The van der Waals surface area contributed by atoms with Gasteiger partial charge in [0.25, 0.3) is 0 Å². The summed E-state index contributed by atoms with van der Waals surface area (Å²) < 4.78 is 0. The van der Waals surface area contributed by atoms with Gasteiger partial charge in [0.2, 0.25) is 47.3 Å². The Kier molecular flexibility index (Phi) is 21.0. The number of nitrogens with two attached hydrogens (primary N) is 3. The number of amides is 8. The van der Waals surface area contributed by atoms with Crippen LogP contribution in [0.15, 0.2) is 78.3 Å². The van der Waals surface area contributed by atoms with Crippen LogP contribution in [0.25, 0.3) is 10.9 Å². The Labute approximate surface area is 416 Å². The second-order valence-electron chi connectivity index (χ2n) is 17.6. The van der Waals surface area contributed by atoms with Gasteiger partial charge in [-0.25, -0.2) is 4.98 Å². The van der Waals surface area contributed by atoms with Crippen molar-refractivity contribution in [1.82, 2.24) is 57.5 Å². The fraction of sp³-hybridized carbons (Fsp3) is 0.458. The summed E-state index contributed by atoms with van der Waals surface area (Å²) in [7, 11) is 0. The molecule has 0 saturated carbocycles. The highest BCUT2D eigenvalue weighted by Crippen LogP contribution is 2.19. The summed E-state index contributed by atoms with van der Waals surface area (Å²) >= 11 is 0. The van der Waals surface area contributed by atoms with E-state index in [1.807, 2.05) is 31.2 Å². The maximum atomic E-state index is 14.6. The summed E-state index contributed by atoms with van der Waals surface area (Å²) in [5.41, 5.74) is 19.5. The fourth-order valence-electron chi connectivity index (χ4n) is 8.15. The molecule has 1 saturated heterocycles. The minimum absolute atomic E-state index is 0.0146. The SMILES string of the molecule is CCCC[C@H](NC(C)=O)C(=O)N[C@H]1CCC(=O)NC[C@@H](C(=O)N[C@@H](Cc2c[nH]c3ccccc23)C(N)=O)NC(O)[C@H](CCCN=C(N)N)NC(=O)[C@@H](Cc2ccccc2)NC(=O)[C@H](Cc2cnc[nH]2)NC1=O. The van der Waals surface area contributed by atoms with E-state index in [2.05, 4.69) is 62.5 Å². The molecule has 2 aromatic heterocycles. The van der Waals surface area contributed by atoms with Crippen molar-refractivity contribution in [3.05, 3.63) is 90.1 Å². The van der Waals surface area contributed by atoms with Gasteiger partial charge in [0.1, 0.15) is 42.5 Å². The van der Waals surface area contributed by atoms with Crippen LogP contribution in [0.2, 0.25) is 0 Å². The van der Waals surface area contributed by atoms with E-state index >= 15 is 0 Å². The van der Waals surface area contributed by atoms with Gasteiger partial charge in [0, 0.05) is 74.7 Å². The summed E-state index contributed by atoms with van der Waals surface area (Å²) in [4.78, 5) is 124. The monoisotopic (exact) mass is 998 g/mol. The standard InChI is InChI=1S/C48H67N15O9/c1-3-4-14-33(57-27(2)64)42(67)59-35-17-18-40(65)55-25-39(47(72)60-36(41(49)66)21-29-23-54-32-15-9-8-13-31(29)32)63-43(68)34(16-10-19-53-48(50)51)58-45(70)37(20-28-11-6-5-7-12-28)61-46(71)38(62-44(35)69)22-30-24-52-26-56-30/h5-9,11-13,15,23-24,26,33-39,43,54,63,68H,3-4,10,14,16-22,25H2,1-2H3,(H2,49,66)(H,52,56)(H,55,65)(H,57,64)(H,58,70)(H,59,67)(H,60,72)(H,61,71)(H,62,69)(H4,50,51,53)/t33-,34-,35-,36-,37+,38-,39-,43?/m0/s1. The van der Waals surface area contributed by atoms with Crippen molar-refractivity contribution in [1.29, 1.82) is 0 Å². The molecule has 24 heteroatoms. The lowest BCUT2D eigenvalue weighted by Gasteiger charge is -2.31. The van der Waals surface area contributed by atoms with Crippen LogP contribution < -0.4 is 59.7 Å². The number of hydrogen-bond acceptors (Lipinski definition) is 12. The van der Waals surface area contributed by atoms with E-state index < -0.39 is 109 Å². The zero-order valence-electron chi connectivity index (χ0n) is 40.4. The Morgan fingerprint density at radius 2 is 1.57 bits per heavy atom. The number of benzene rings is 2. The Hall–Kier alpha value is -7.86. The molecule has 0 radical (unpaired) electrons. The van der Waals surface area contributed by atoms with Crippen LogP contribution in [0, 0.1) is 0 Å². The molecule has 24 nitrogen and oxygen atoms in total. The van der Waals surface area contributed by atoms with E-state index in [0.29, 0.717) is 29.7 Å². The van der Waals surface area contributed by atoms with Gasteiger partial charge < -0.3 is 69.5 Å². The number of rotatable bonds is 19. The Morgan fingerprint density at radius 3 is 2.26 bits per heavy atom. The van der Waals surface area contributed by atoms with Crippen LogP contribution >= 0.6 is 0 Å². The average molecular weight is 998 g/mol. The molecule has 0 bridgehead atoms. The highest BCUT2D eigenvalue weighted by Gasteiger charge is 2.35. The first kappa shape index (κ1) is 55.1. The second-order valence-corrected chi connectivity index (χ2v) is 17.6. The lowest BCUT2D eigenvalue weighted by molar-refractivity contribution is -0.135. The molecule has 1 aliphatic heterocycles. The fourth-order valence-corrected chi connectivity index (χ4v) is 8.15. The number of para-hydroxylation sites is 1. The predicted octanol–water partition coefficient (Wildman–Crippen LogP) is -2.24. The molecule has 388 valence electrons. The number of hydrogen-bond donors (Lipinski definition) is 14. The van der Waals surface area contributed by atoms with E-state index in [-0.39, 0.29) is 57.5 Å². The molecule has 4 aromatic rings. The summed E-state index contributed by atoms with van der Waals surface area (Å²) in [5, 5.41) is 34.4. The molecule has 5 rings (SSSR count). The number of nitrogens with zero attached hydrogens (tertiary/aromatic N) is 2. The average Bonchev–Trinajstić information content (AvgIpc) is 4.02. The first-order valence-corrected chi connectivity index (χ1v) is 23.9. The molecule has 72 heavy (non-hydrogen) atoms. The number of aromatic nitrogens is 3. The first-order chi connectivity index (χ1) is 34.5. The minimum atomic E-state index is -1.73. The molecule has 3 heterocycles. The Balaban J connectivity index is 1.52. The van der Waals surface area contributed by atoms with Gasteiger partial charge in [0.05, 0.1) is 12.4 Å². The van der Waals surface area contributed by atoms with E-state index in [4.69, 9.17) is 17.2 Å². The van der Waals surface area contributed by atoms with Crippen molar-refractivity contribution in [3.8, 4) is 0 Å². The van der Waals surface area contributed by atoms with E-state index in [1.54, 1.807) is 36.5 Å². The smallest absolute Gasteiger partial charge is 0.243 e. The number of H-pyrrole nitrogens is 2. The van der Waals surface area contributed by atoms with Crippen LogP contribution in [-0.2, 0) is 57.6 Å². The number of carbonyl (C=O) groups excluding carboxylic acids is 8. The minimum Gasteiger partial charge on any atom is -0.376 e. The van der Waals surface area contributed by atoms with Gasteiger partial charge in [0.15, 0.2) is 5.96 Å². The van der Waals surface area contributed by atoms with E-state index in [9.17, 15) is 43.5 Å². The Morgan fingerprint density at radius 1 is 0.861 bits per heavy atom. The van der Waals surface area contributed by atoms with Crippen molar-refractivity contribution < 1.29 is 43.5 Å². The molecule has 0 aliphatic carbocycles. The van der Waals surface area contributed by atoms with E-state index in [0.717, 1.165) is 10.9 Å². The maximum absolute atomic E-state index is 14.6. The van der Waals surface area contributed by atoms with Gasteiger partial charge in [-0.2, -0.15) is 0 Å². The normalized spacial score (nSPS) is 21.3. The summed E-state index contributed by atoms with van der Waals surface area (Å²) in [6, 6.07) is 6.91. The number of primary amides is 1. The molecule has 2 aromatic carbocycles. The molecule has 1 fully saturated rings. The quantitative estimate of drug-likeness (QED) is 0.0269. The predicted molar refractivity (Wildman–Crippen MR) is 266 cm³/mol. The van der Waals surface area contributed by atoms with Crippen molar-refractivity contribution in [3.63, 3.8) is 0 Å². The number of carbonyl (C=O) groups is 8. The molecular formula is C48H67N15O9. The van der Waals surface area contributed by atoms with Gasteiger partial charge in [-0.3, -0.25) is 48.7 Å². The van der Waals surface area contributed by atoms with Crippen molar-refractivity contribution in [2.45, 2.75) is 127 Å². The lowest BCUT2D eigenvalue weighted by atomic mass is 10.0. The van der Waals surface area contributed by atoms with Gasteiger partial charge in [-0.1, -0.05) is 68.3 Å². The third-order valence-electron chi connectivity index (χ3n) is 12.0. The van der Waals surface area contributed by atoms with E-state index in [1.165, 1.54) is 19.4 Å². The maximum Gasteiger partial charge on any atom is 0.243 e. The zero-order chi connectivity index (χ0) is 52.2. The van der Waals surface area contributed by atoms with Crippen LogP contribution in [0.1, 0.15) is 75.6 Å². The third kappa shape index (κ3) is 17.2. The van der Waals surface area contributed by atoms with Crippen LogP contribution in [0.4, 0.5) is 0 Å². The number of aliphatic imine (C=N–C) groups is 1. The molecule has 8 atom stereocenters. The van der Waals surface area contributed by atoms with Crippen molar-refractivity contribution in [2.75, 3.05) is 13.1 Å². The topological polar surface area (TPSA) is 388 Å². The molecule has 8 amide bonds. The molecule has 0 spiro atoms. The number of guanidine groups is 1. The number of unbranched alkanes of at least 4 members (excludes halogenated alkanes) is 1. The number of nitrogens with one attached hydrogen (secondary N) is 10. The van der Waals surface area contributed by atoms with Crippen molar-refractivity contribution in [2.24, 2.45) is 22.2 Å². The third-order valence-corrected chi connectivity index (χ3v) is 12.0. The number of fused-ring (bicyclic) bond motifs is 1. The van der Waals surface area contributed by atoms with Gasteiger partial charge in [-0.15, -0.1) is 0 Å². The highest BCUT2D eigenvalue weighted by atomic mass is 16.3. The summed E-state index contributed by atoms with van der Waals surface area (Å²) in [6.07, 6.45) is 3.51. The number of imidazole rings is 1. The molecule has 1 aliphatic rings. The Bertz CT molecular complexity index is 2500. The lowest BCUT2D eigenvalue weighted by Crippen LogP contribution is -2.63. The summed E-state index contributed by atoms with van der Waals surface area (Å²) in [6.45, 7) is 2.74. The number of aliphatic hydroxyl groups excluding tert-OH is 1. The molecule has 1 unspecified atom stereocenters. The van der Waals surface area contributed by atoms with Crippen LogP contribution in [-0.4, -0.2) is 135 Å². The first-order valence-electron chi connectivity index (χ1n) is 23.9. The molecular weight excluding hydrogens is 931 g/mol.